The minimum absolute atomic E-state index is 0.0914. The van der Waals surface area contributed by atoms with E-state index in [0.29, 0.717) is 32.1 Å². The minimum Gasteiger partial charge on any atom is -0.469 e. The minimum atomic E-state index is -0.956. The number of benzene rings is 1. The van der Waals surface area contributed by atoms with Crippen LogP contribution in [0.1, 0.15) is 42.3 Å². The number of aliphatic hydroxyl groups excluding tert-OH is 1. The summed E-state index contributed by atoms with van der Waals surface area (Å²) in [7, 11) is 2.98. The molecule has 0 fully saturated rings. The maximum Gasteiger partial charge on any atom is 0.314 e. The quantitative estimate of drug-likeness (QED) is 0.377. The molecule has 1 aromatic heterocycles. The molecular formula is C22H33N3O6. The molecule has 1 atom stereocenters. The van der Waals surface area contributed by atoms with Crippen molar-refractivity contribution in [2.45, 2.75) is 46.6 Å². The number of ether oxygens (including phenoxy) is 4. The molecule has 172 valence electrons. The van der Waals surface area contributed by atoms with Gasteiger partial charge in [-0.25, -0.2) is 4.68 Å². The largest absolute Gasteiger partial charge is 0.469 e. The van der Waals surface area contributed by atoms with Crippen LogP contribution in [0, 0.1) is 12.3 Å². The molecule has 0 aliphatic rings. The molecular weight excluding hydrogens is 402 g/mol. The van der Waals surface area contributed by atoms with Gasteiger partial charge in [0.1, 0.15) is 5.69 Å². The summed E-state index contributed by atoms with van der Waals surface area (Å²) in [6.07, 6.45) is 1.18. The summed E-state index contributed by atoms with van der Waals surface area (Å²) in [5.74, 6) is -0.388. The van der Waals surface area contributed by atoms with Gasteiger partial charge in [-0.3, -0.25) is 4.79 Å². The maximum atomic E-state index is 12.5. The zero-order chi connectivity index (χ0) is 22.9. The molecule has 0 bridgehead atoms. The third-order valence-corrected chi connectivity index (χ3v) is 5.09. The number of esters is 1. The zero-order valence-corrected chi connectivity index (χ0v) is 19.0. The van der Waals surface area contributed by atoms with E-state index in [1.165, 1.54) is 7.11 Å². The van der Waals surface area contributed by atoms with Gasteiger partial charge >= 0.3 is 5.97 Å². The molecule has 0 saturated carbocycles. The molecule has 9 heteroatoms. The summed E-state index contributed by atoms with van der Waals surface area (Å²) >= 11 is 0. The van der Waals surface area contributed by atoms with Crippen molar-refractivity contribution in [3.8, 4) is 0 Å². The lowest BCUT2D eigenvalue weighted by Crippen LogP contribution is -2.34. The predicted molar refractivity (Wildman–Crippen MR) is 113 cm³/mol. The number of aromatic nitrogens is 3. The highest BCUT2D eigenvalue weighted by Gasteiger charge is 2.40. The summed E-state index contributed by atoms with van der Waals surface area (Å²) in [4.78, 5) is 12.5. The maximum absolute atomic E-state index is 12.5. The molecule has 0 spiro atoms. The van der Waals surface area contributed by atoms with E-state index >= 15 is 0 Å². The van der Waals surface area contributed by atoms with Gasteiger partial charge in [0.25, 0.3) is 0 Å². The highest BCUT2D eigenvalue weighted by atomic mass is 16.5. The number of hydrogen-bond donors (Lipinski definition) is 1. The zero-order valence-electron chi connectivity index (χ0n) is 19.0. The Labute approximate surface area is 183 Å². The van der Waals surface area contributed by atoms with Gasteiger partial charge in [-0.1, -0.05) is 23.4 Å². The van der Waals surface area contributed by atoms with Gasteiger partial charge in [-0.15, -0.1) is 5.10 Å². The average molecular weight is 436 g/mol. The van der Waals surface area contributed by atoms with Crippen molar-refractivity contribution in [1.82, 2.24) is 15.0 Å². The van der Waals surface area contributed by atoms with E-state index in [4.69, 9.17) is 18.9 Å². The van der Waals surface area contributed by atoms with Gasteiger partial charge in [-0.2, -0.15) is 0 Å². The molecule has 31 heavy (non-hydrogen) atoms. The number of aryl methyl sites for hydroxylation is 1. The lowest BCUT2D eigenvalue weighted by atomic mass is 9.81. The molecule has 2 aromatic rings. The lowest BCUT2D eigenvalue weighted by Gasteiger charge is -2.32. The fourth-order valence-electron chi connectivity index (χ4n) is 3.20. The number of nitrogens with zero attached hydrogens (tertiary/aromatic N) is 3. The third-order valence-electron chi connectivity index (χ3n) is 5.09. The van der Waals surface area contributed by atoms with E-state index in [2.05, 4.69) is 10.3 Å². The Morgan fingerprint density at radius 3 is 2.68 bits per heavy atom. The highest BCUT2D eigenvalue weighted by Crippen LogP contribution is 2.39. The molecule has 1 heterocycles. The van der Waals surface area contributed by atoms with Crippen molar-refractivity contribution in [3.63, 3.8) is 0 Å². The Kier molecular flexibility index (Phi) is 9.57. The van der Waals surface area contributed by atoms with Gasteiger partial charge in [0.15, 0.2) is 0 Å². The normalized spacial score (nSPS) is 12.7. The topological polar surface area (TPSA) is 105 Å². The first-order valence-electron chi connectivity index (χ1n) is 10.2. The predicted octanol–water partition coefficient (Wildman–Crippen LogP) is 2.20. The summed E-state index contributed by atoms with van der Waals surface area (Å²) in [6.45, 7) is 7.68. The summed E-state index contributed by atoms with van der Waals surface area (Å²) in [5, 5.41) is 17.9. The van der Waals surface area contributed by atoms with Crippen LogP contribution < -0.4 is 0 Å². The summed E-state index contributed by atoms with van der Waals surface area (Å²) < 4.78 is 23.2. The first kappa shape index (κ1) is 24.9. The number of rotatable bonds is 13. The number of aliphatic hydroxyl groups is 1. The molecule has 1 N–H and O–H groups in total. The number of carbonyl (C=O) groups is 1. The van der Waals surface area contributed by atoms with Gasteiger partial charge in [0.05, 0.1) is 64.4 Å². The van der Waals surface area contributed by atoms with Crippen molar-refractivity contribution in [1.29, 1.82) is 0 Å². The highest BCUT2D eigenvalue weighted by molar-refractivity contribution is 5.77. The fraction of sp³-hybridized carbons (Fsp3) is 0.591. The van der Waals surface area contributed by atoms with Crippen LogP contribution in [0.5, 0.6) is 0 Å². The SMILES string of the molecule is COCCOCCn1cc(CO[C@H](c2ccc(C)c(CO)c2)C(C)(C)C(=O)OC)nn1. The van der Waals surface area contributed by atoms with E-state index in [1.807, 2.05) is 25.1 Å². The Morgan fingerprint density at radius 2 is 2.00 bits per heavy atom. The van der Waals surface area contributed by atoms with Crippen LogP contribution >= 0.6 is 0 Å². The Morgan fingerprint density at radius 1 is 1.23 bits per heavy atom. The van der Waals surface area contributed by atoms with Crippen molar-refractivity contribution in [2.75, 3.05) is 34.0 Å². The van der Waals surface area contributed by atoms with Crippen LogP contribution in [-0.4, -0.2) is 60.1 Å². The standard InChI is InChI=1S/C22H33N3O6/c1-16-6-7-17(12-18(16)14-26)20(22(2,3)21(27)29-5)31-15-19-13-25(24-23-19)8-9-30-11-10-28-4/h6-7,12-13,20,26H,8-11,14-15H2,1-5H3/t20-/m1/s1. The van der Waals surface area contributed by atoms with Gasteiger partial charge in [0.2, 0.25) is 0 Å². The van der Waals surface area contributed by atoms with E-state index in [-0.39, 0.29) is 19.2 Å². The molecule has 0 amide bonds. The summed E-state index contributed by atoms with van der Waals surface area (Å²) in [6, 6.07) is 5.67. The van der Waals surface area contributed by atoms with E-state index in [9.17, 15) is 9.90 Å². The van der Waals surface area contributed by atoms with E-state index < -0.39 is 11.5 Å². The smallest absolute Gasteiger partial charge is 0.314 e. The third kappa shape index (κ3) is 6.83. The second-order valence-corrected chi connectivity index (χ2v) is 7.83. The molecule has 9 nitrogen and oxygen atoms in total. The lowest BCUT2D eigenvalue weighted by molar-refractivity contribution is -0.162. The van der Waals surface area contributed by atoms with Crippen LogP contribution in [0.15, 0.2) is 24.4 Å². The van der Waals surface area contributed by atoms with Crippen LogP contribution in [0.4, 0.5) is 0 Å². The number of hydrogen-bond acceptors (Lipinski definition) is 8. The summed E-state index contributed by atoms with van der Waals surface area (Å²) in [5.41, 5.74) is 2.21. The van der Waals surface area contributed by atoms with Crippen molar-refractivity contribution < 1.29 is 28.8 Å². The Bertz CT molecular complexity index is 836. The fourth-order valence-corrected chi connectivity index (χ4v) is 3.20. The van der Waals surface area contributed by atoms with Gasteiger partial charge in [-0.05, 0) is 37.5 Å². The molecule has 2 rings (SSSR count). The van der Waals surface area contributed by atoms with Crippen molar-refractivity contribution in [2.24, 2.45) is 5.41 Å². The molecule has 0 aliphatic carbocycles. The average Bonchev–Trinajstić information content (AvgIpc) is 3.21. The Balaban J connectivity index is 2.11. The van der Waals surface area contributed by atoms with Gasteiger partial charge in [0, 0.05) is 7.11 Å². The van der Waals surface area contributed by atoms with Crippen LogP contribution in [-0.2, 0) is 43.5 Å². The first-order valence-corrected chi connectivity index (χ1v) is 10.2. The molecule has 0 aliphatic heterocycles. The Hall–Kier alpha value is -2.33. The first-order chi connectivity index (χ1) is 14.8. The van der Waals surface area contributed by atoms with E-state index in [1.54, 1.807) is 31.8 Å². The van der Waals surface area contributed by atoms with Crippen LogP contribution in [0.3, 0.4) is 0 Å². The number of carbonyl (C=O) groups excluding carboxylic acids is 1. The molecule has 1 aromatic carbocycles. The molecule has 0 saturated heterocycles. The van der Waals surface area contributed by atoms with Gasteiger partial charge < -0.3 is 24.1 Å². The number of methoxy groups -OCH3 is 2. The second kappa shape index (κ2) is 11.9. The van der Waals surface area contributed by atoms with Crippen molar-refractivity contribution >= 4 is 5.97 Å². The molecule has 0 unspecified atom stereocenters. The molecule has 0 radical (unpaired) electrons. The van der Waals surface area contributed by atoms with E-state index in [0.717, 1.165) is 16.7 Å². The van der Waals surface area contributed by atoms with Crippen molar-refractivity contribution in [3.05, 3.63) is 46.8 Å². The van der Waals surface area contributed by atoms with Crippen LogP contribution in [0.2, 0.25) is 0 Å². The monoisotopic (exact) mass is 435 g/mol. The second-order valence-electron chi connectivity index (χ2n) is 7.83. The van der Waals surface area contributed by atoms with Crippen LogP contribution in [0.25, 0.3) is 0 Å².